The minimum atomic E-state index is -3.99. The largest absolute Gasteiger partial charge is 0.276 e. The Morgan fingerprint density at radius 3 is 1.10 bits per heavy atom. The van der Waals surface area contributed by atoms with Crippen LogP contribution < -0.4 is 9.66 Å². The lowest BCUT2D eigenvalue weighted by atomic mass is 9.62. The van der Waals surface area contributed by atoms with E-state index in [0.29, 0.717) is 11.4 Å². The van der Waals surface area contributed by atoms with Crippen molar-refractivity contribution >= 4 is 31.5 Å². The molecule has 7 rings (SSSR count). The van der Waals surface area contributed by atoms with Crippen LogP contribution >= 0.6 is 0 Å². The fourth-order valence-electron chi connectivity index (χ4n) is 5.30. The van der Waals surface area contributed by atoms with Crippen LogP contribution in [0.2, 0.25) is 0 Å². The van der Waals surface area contributed by atoms with E-state index in [0.717, 1.165) is 33.4 Å². The molecule has 4 aromatic rings. The molecular formula is C30H26N4O4S2. The molecule has 3 aliphatic carbocycles. The Balaban J connectivity index is 1.49. The fraction of sp³-hybridized carbons (Fsp3) is 0.133. The quantitative estimate of drug-likeness (QED) is 0.331. The molecule has 0 aromatic heterocycles. The van der Waals surface area contributed by atoms with E-state index in [1.165, 1.54) is 24.3 Å². The van der Waals surface area contributed by atoms with Crippen molar-refractivity contribution in [3.05, 3.63) is 130 Å². The van der Waals surface area contributed by atoms with E-state index in [4.69, 9.17) is 0 Å². The molecule has 10 heteroatoms. The molecule has 2 bridgehead atoms. The van der Waals surface area contributed by atoms with Gasteiger partial charge in [-0.3, -0.25) is 0 Å². The normalized spacial score (nSPS) is 19.8. The molecule has 0 fully saturated rings. The molecule has 0 unspecified atom stereocenters. The molecule has 8 nitrogen and oxygen atoms in total. The van der Waals surface area contributed by atoms with Gasteiger partial charge in [0.2, 0.25) is 0 Å². The number of hydrogen-bond donors (Lipinski definition) is 2. The average molecular weight is 571 g/mol. The standard InChI is InChI=1S/C30H26N4O4S2/c1-19-11-15-21(16-12-19)39(35,36)33-31-29-27-23-7-3-5-9-25(23)28(26-10-6-4-8-24(26)27)30(29)32-34-40(37,38)22-17-13-20(2)14-18-22/h3-18,27-28,33-34H,1-2H3/b31-29-,32-30?. The summed E-state index contributed by atoms with van der Waals surface area (Å²) < 4.78 is 52.6. The van der Waals surface area contributed by atoms with Gasteiger partial charge >= 0.3 is 0 Å². The van der Waals surface area contributed by atoms with E-state index in [-0.39, 0.29) is 9.79 Å². The zero-order valence-corrected chi connectivity index (χ0v) is 23.4. The summed E-state index contributed by atoms with van der Waals surface area (Å²) in [5.41, 5.74) is 6.42. The maximum atomic E-state index is 13.2. The lowest BCUT2D eigenvalue weighted by Crippen LogP contribution is -2.43. The molecule has 202 valence electrons. The summed E-state index contributed by atoms with van der Waals surface area (Å²) in [5, 5.41) is 8.83. The molecule has 3 aliphatic rings. The number of hydrogen-bond acceptors (Lipinski definition) is 6. The van der Waals surface area contributed by atoms with Crippen molar-refractivity contribution in [2.75, 3.05) is 0 Å². The van der Waals surface area contributed by atoms with Crippen LogP contribution in [0, 0.1) is 13.8 Å². The van der Waals surface area contributed by atoms with Crippen molar-refractivity contribution in [1.29, 1.82) is 0 Å². The number of aryl methyl sites for hydroxylation is 2. The van der Waals surface area contributed by atoms with Crippen molar-refractivity contribution in [3.63, 3.8) is 0 Å². The van der Waals surface area contributed by atoms with Crippen LogP contribution in [0.5, 0.6) is 0 Å². The van der Waals surface area contributed by atoms with Gasteiger partial charge < -0.3 is 0 Å². The fourth-order valence-corrected chi connectivity index (χ4v) is 6.93. The third kappa shape index (κ3) is 4.48. The van der Waals surface area contributed by atoms with Crippen LogP contribution in [-0.2, 0) is 20.0 Å². The lowest BCUT2D eigenvalue weighted by molar-refractivity contribution is 0.582. The Labute approximate surface area is 233 Å². The number of rotatable bonds is 6. The molecule has 0 heterocycles. The van der Waals surface area contributed by atoms with Crippen LogP contribution in [0.25, 0.3) is 0 Å². The van der Waals surface area contributed by atoms with Crippen molar-refractivity contribution in [3.8, 4) is 0 Å². The number of fused-ring (bicyclic) bond motifs is 1. The minimum absolute atomic E-state index is 0.0720. The summed E-state index contributed by atoms with van der Waals surface area (Å²) in [7, 11) is -7.99. The van der Waals surface area contributed by atoms with E-state index in [1.807, 2.05) is 62.4 Å². The Kier molecular flexibility index (Phi) is 6.31. The smallest absolute Gasteiger partial charge is 0.200 e. The predicted molar refractivity (Wildman–Crippen MR) is 154 cm³/mol. The van der Waals surface area contributed by atoms with Gasteiger partial charge in [0, 0.05) is 0 Å². The number of benzene rings is 4. The van der Waals surface area contributed by atoms with Gasteiger partial charge in [-0.15, -0.1) is 0 Å². The molecule has 0 atom stereocenters. The first kappa shape index (κ1) is 26.0. The Hall–Kier alpha value is -4.28. The van der Waals surface area contributed by atoms with Gasteiger partial charge in [0.15, 0.2) is 0 Å². The number of hydrazone groups is 2. The van der Waals surface area contributed by atoms with Crippen molar-refractivity contribution in [2.45, 2.75) is 35.5 Å². The lowest BCUT2D eigenvalue weighted by Gasteiger charge is -2.41. The van der Waals surface area contributed by atoms with Crippen molar-refractivity contribution in [1.82, 2.24) is 9.66 Å². The van der Waals surface area contributed by atoms with Gasteiger partial charge in [0.05, 0.1) is 33.1 Å². The zero-order valence-electron chi connectivity index (χ0n) is 21.7. The SMILES string of the molecule is Cc1ccc(S(=O)(=O)NN=C2/C(=N\NS(=O)(=O)c3ccc(C)cc3)C3c4ccccc4C2c2ccccc23)cc1. The second-order valence-electron chi connectivity index (χ2n) is 9.93. The highest BCUT2D eigenvalue weighted by Crippen LogP contribution is 2.50. The summed E-state index contributed by atoms with van der Waals surface area (Å²) in [6, 6.07) is 28.5. The van der Waals surface area contributed by atoms with E-state index < -0.39 is 31.9 Å². The first-order chi connectivity index (χ1) is 19.2. The molecule has 2 N–H and O–H groups in total. The highest BCUT2D eigenvalue weighted by molar-refractivity contribution is 7.89. The van der Waals surface area contributed by atoms with Crippen LogP contribution in [0.15, 0.2) is 117 Å². The molecular weight excluding hydrogens is 544 g/mol. The topological polar surface area (TPSA) is 117 Å². The summed E-state index contributed by atoms with van der Waals surface area (Å²) in [4.78, 5) is 4.90. The number of nitrogens with one attached hydrogen (secondary N) is 2. The van der Waals surface area contributed by atoms with Gasteiger partial charge in [-0.05, 0) is 60.4 Å². The Morgan fingerprint density at radius 1 is 0.500 bits per heavy atom. The Morgan fingerprint density at radius 2 is 0.800 bits per heavy atom. The summed E-state index contributed by atoms with van der Waals surface area (Å²) in [5.74, 6) is -0.888. The summed E-state index contributed by atoms with van der Waals surface area (Å²) in [6.45, 7) is 3.75. The molecule has 0 spiro atoms. The first-order valence-electron chi connectivity index (χ1n) is 12.7. The number of nitrogens with zero attached hydrogens (tertiary/aromatic N) is 2. The second kappa shape index (κ2) is 9.72. The summed E-state index contributed by atoms with van der Waals surface area (Å²) in [6.07, 6.45) is 0. The average Bonchev–Trinajstić information content (AvgIpc) is 2.95. The highest BCUT2D eigenvalue weighted by atomic mass is 32.2. The maximum absolute atomic E-state index is 13.2. The van der Waals surface area contributed by atoms with Gasteiger partial charge in [-0.1, -0.05) is 83.9 Å². The molecule has 4 aromatic carbocycles. The number of sulfonamides is 2. The van der Waals surface area contributed by atoms with E-state index in [1.54, 1.807) is 24.3 Å². The maximum Gasteiger partial charge on any atom is 0.276 e. The Bertz CT molecular complexity index is 1710. The van der Waals surface area contributed by atoms with E-state index >= 15 is 0 Å². The van der Waals surface area contributed by atoms with Gasteiger partial charge in [-0.2, -0.15) is 36.7 Å². The molecule has 0 radical (unpaired) electrons. The molecule has 0 aliphatic heterocycles. The monoisotopic (exact) mass is 570 g/mol. The van der Waals surface area contributed by atoms with Crippen LogP contribution in [0.1, 0.15) is 45.2 Å². The molecule has 40 heavy (non-hydrogen) atoms. The molecule has 0 saturated carbocycles. The summed E-state index contributed by atoms with van der Waals surface area (Å²) >= 11 is 0. The van der Waals surface area contributed by atoms with Gasteiger partial charge in [0.25, 0.3) is 20.0 Å². The third-order valence-corrected chi connectivity index (χ3v) is 9.73. The van der Waals surface area contributed by atoms with Gasteiger partial charge in [-0.25, -0.2) is 0 Å². The van der Waals surface area contributed by atoms with Crippen LogP contribution in [0.4, 0.5) is 0 Å². The van der Waals surface area contributed by atoms with Crippen LogP contribution in [-0.4, -0.2) is 28.3 Å². The highest BCUT2D eigenvalue weighted by Gasteiger charge is 2.46. The zero-order chi connectivity index (χ0) is 28.1. The van der Waals surface area contributed by atoms with Crippen molar-refractivity contribution in [2.24, 2.45) is 10.2 Å². The predicted octanol–water partition coefficient (Wildman–Crippen LogP) is 4.56. The van der Waals surface area contributed by atoms with E-state index in [2.05, 4.69) is 19.9 Å². The van der Waals surface area contributed by atoms with Crippen LogP contribution in [0.3, 0.4) is 0 Å². The van der Waals surface area contributed by atoms with Gasteiger partial charge in [0.1, 0.15) is 0 Å². The minimum Gasteiger partial charge on any atom is -0.200 e. The first-order valence-corrected chi connectivity index (χ1v) is 15.6. The molecule has 0 amide bonds. The molecule has 0 saturated heterocycles. The second-order valence-corrected chi connectivity index (χ2v) is 13.3. The van der Waals surface area contributed by atoms with Crippen molar-refractivity contribution < 1.29 is 16.8 Å². The third-order valence-electron chi connectivity index (χ3n) is 7.28. The van der Waals surface area contributed by atoms with E-state index in [9.17, 15) is 16.8 Å².